The van der Waals surface area contributed by atoms with Crippen LogP contribution < -0.4 is 11.5 Å². The van der Waals surface area contributed by atoms with E-state index >= 15 is 0 Å². The van der Waals surface area contributed by atoms with E-state index in [1.54, 1.807) is 36.4 Å². The van der Waals surface area contributed by atoms with Crippen molar-refractivity contribution in [2.75, 3.05) is 5.73 Å². The molecule has 2 rings (SSSR count). The number of nitrogen functional groups attached to an aromatic ring is 1. The summed E-state index contributed by atoms with van der Waals surface area (Å²) in [4.78, 5) is 23.3. The van der Waals surface area contributed by atoms with Gasteiger partial charge in [0.05, 0.1) is 5.56 Å². The van der Waals surface area contributed by atoms with Crippen molar-refractivity contribution in [2.24, 2.45) is 5.73 Å². The molecule has 0 aliphatic carbocycles. The molecule has 4 N–H and O–H groups in total. The third kappa shape index (κ3) is 3.61. The maximum atomic E-state index is 12.0. The SMILES string of the molecule is NC(=O)c1ccccc1COC(=O)c1cc(N)ccc1Br. The summed E-state index contributed by atoms with van der Waals surface area (Å²) in [5, 5.41) is 0. The molecule has 21 heavy (non-hydrogen) atoms. The number of carbonyl (C=O) groups excluding carboxylic acids is 2. The van der Waals surface area contributed by atoms with Crippen LogP contribution in [0.4, 0.5) is 5.69 Å². The molecule has 0 aliphatic rings. The molecular weight excluding hydrogens is 336 g/mol. The minimum absolute atomic E-state index is 0.0425. The van der Waals surface area contributed by atoms with Gasteiger partial charge in [0, 0.05) is 21.3 Å². The van der Waals surface area contributed by atoms with Gasteiger partial charge >= 0.3 is 5.97 Å². The maximum absolute atomic E-state index is 12.0. The molecule has 0 spiro atoms. The van der Waals surface area contributed by atoms with Gasteiger partial charge in [-0.15, -0.1) is 0 Å². The van der Waals surface area contributed by atoms with Crippen LogP contribution in [0, 0.1) is 0 Å². The molecule has 5 nitrogen and oxygen atoms in total. The second kappa shape index (κ2) is 6.41. The van der Waals surface area contributed by atoms with Crippen molar-refractivity contribution in [3.05, 3.63) is 63.6 Å². The van der Waals surface area contributed by atoms with Gasteiger partial charge < -0.3 is 16.2 Å². The molecule has 0 unspecified atom stereocenters. The molecule has 0 radical (unpaired) electrons. The fraction of sp³-hybridized carbons (Fsp3) is 0.0667. The van der Waals surface area contributed by atoms with E-state index in [2.05, 4.69) is 15.9 Å². The number of rotatable bonds is 4. The largest absolute Gasteiger partial charge is 0.457 e. The number of carbonyl (C=O) groups is 2. The Labute approximate surface area is 130 Å². The summed E-state index contributed by atoms with van der Waals surface area (Å²) < 4.78 is 5.80. The van der Waals surface area contributed by atoms with Crippen LogP contribution in [0.5, 0.6) is 0 Å². The summed E-state index contributed by atoms with van der Waals surface area (Å²) in [7, 11) is 0. The zero-order valence-corrected chi connectivity index (χ0v) is 12.6. The van der Waals surface area contributed by atoms with Crippen LogP contribution in [0.3, 0.4) is 0 Å². The molecule has 0 atom stereocenters. The Hall–Kier alpha value is -2.34. The lowest BCUT2D eigenvalue weighted by Gasteiger charge is -2.09. The van der Waals surface area contributed by atoms with E-state index in [9.17, 15) is 9.59 Å². The van der Waals surface area contributed by atoms with Crippen LogP contribution in [0.2, 0.25) is 0 Å². The molecule has 0 bridgehead atoms. The second-order valence-corrected chi connectivity index (χ2v) is 5.19. The van der Waals surface area contributed by atoms with Gasteiger partial charge in [-0.2, -0.15) is 0 Å². The predicted molar refractivity (Wildman–Crippen MR) is 82.6 cm³/mol. The number of benzene rings is 2. The number of primary amides is 1. The Kier molecular flexibility index (Phi) is 4.59. The lowest BCUT2D eigenvalue weighted by atomic mass is 10.1. The number of nitrogens with two attached hydrogens (primary N) is 2. The summed E-state index contributed by atoms with van der Waals surface area (Å²) in [6.45, 7) is -0.0425. The van der Waals surface area contributed by atoms with Crippen LogP contribution in [-0.2, 0) is 11.3 Å². The smallest absolute Gasteiger partial charge is 0.339 e. The van der Waals surface area contributed by atoms with Crippen molar-refractivity contribution < 1.29 is 14.3 Å². The minimum atomic E-state index is -0.563. The Morgan fingerprint density at radius 1 is 1.10 bits per heavy atom. The van der Waals surface area contributed by atoms with E-state index in [0.717, 1.165) is 0 Å². The Morgan fingerprint density at radius 2 is 1.81 bits per heavy atom. The van der Waals surface area contributed by atoms with Gasteiger partial charge in [0.15, 0.2) is 0 Å². The molecule has 0 heterocycles. The standard InChI is InChI=1S/C15H13BrN2O3/c16-13-6-5-10(17)7-12(13)15(20)21-8-9-3-1-2-4-11(9)14(18)19/h1-7H,8,17H2,(H2,18,19). The highest BCUT2D eigenvalue weighted by Gasteiger charge is 2.14. The third-order valence-corrected chi connectivity index (χ3v) is 3.54. The number of anilines is 1. The van der Waals surface area contributed by atoms with Crippen LogP contribution in [0.1, 0.15) is 26.3 Å². The number of amides is 1. The first kappa shape index (κ1) is 15.1. The van der Waals surface area contributed by atoms with E-state index in [0.29, 0.717) is 26.9 Å². The summed E-state index contributed by atoms with van der Waals surface area (Å²) in [5.74, 6) is -1.10. The van der Waals surface area contributed by atoms with E-state index in [1.165, 1.54) is 6.07 Å². The summed E-state index contributed by atoms with van der Waals surface area (Å²) in [6, 6.07) is 11.6. The maximum Gasteiger partial charge on any atom is 0.339 e. The van der Waals surface area contributed by atoms with Gasteiger partial charge in [-0.3, -0.25) is 4.79 Å². The molecule has 2 aromatic rings. The molecule has 0 saturated heterocycles. The molecule has 0 saturated carbocycles. The highest BCUT2D eigenvalue weighted by Crippen LogP contribution is 2.21. The lowest BCUT2D eigenvalue weighted by molar-refractivity contribution is 0.0469. The second-order valence-electron chi connectivity index (χ2n) is 4.34. The van der Waals surface area contributed by atoms with Gasteiger partial charge in [-0.05, 0) is 40.2 Å². The zero-order valence-electron chi connectivity index (χ0n) is 11.0. The van der Waals surface area contributed by atoms with Crippen LogP contribution in [0.25, 0.3) is 0 Å². The number of hydrogen-bond donors (Lipinski definition) is 2. The molecule has 0 fully saturated rings. The number of hydrogen-bond acceptors (Lipinski definition) is 4. The Bertz CT molecular complexity index is 701. The molecule has 2 aromatic carbocycles. The summed E-state index contributed by atoms with van der Waals surface area (Å²) in [6.07, 6.45) is 0. The highest BCUT2D eigenvalue weighted by molar-refractivity contribution is 9.10. The average Bonchev–Trinajstić information content (AvgIpc) is 2.47. The molecular formula is C15H13BrN2O3. The van der Waals surface area contributed by atoms with E-state index < -0.39 is 11.9 Å². The normalized spacial score (nSPS) is 10.1. The first-order valence-electron chi connectivity index (χ1n) is 6.09. The topological polar surface area (TPSA) is 95.4 Å². The van der Waals surface area contributed by atoms with Crippen molar-refractivity contribution in [3.63, 3.8) is 0 Å². The first-order valence-corrected chi connectivity index (χ1v) is 6.88. The average molecular weight is 349 g/mol. The van der Waals surface area contributed by atoms with E-state index in [-0.39, 0.29) is 6.61 Å². The van der Waals surface area contributed by atoms with Gasteiger partial charge in [0.2, 0.25) is 5.91 Å². The summed E-state index contributed by atoms with van der Waals surface area (Å²) >= 11 is 3.26. The Morgan fingerprint density at radius 3 is 2.52 bits per heavy atom. The third-order valence-electron chi connectivity index (χ3n) is 2.85. The molecule has 108 valence electrons. The summed E-state index contributed by atoms with van der Waals surface area (Å²) in [5.41, 5.74) is 12.6. The van der Waals surface area contributed by atoms with E-state index in [1.807, 2.05) is 0 Å². The fourth-order valence-corrected chi connectivity index (χ4v) is 2.22. The van der Waals surface area contributed by atoms with Crippen molar-refractivity contribution in [1.29, 1.82) is 0 Å². The zero-order chi connectivity index (χ0) is 15.4. The number of halogens is 1. The van der Waals surface area contributed by atoms with E-state index in [4.69, 9.17) is 16.2 Å². The van der Waals surface area contributed by atoms with Crippen LogP contribution in [-0.4, -0.2) is 11.9 Å². The molecule has 6 heteroatoms. The monoisotopic (exact) mass is 348 g/mol. The highest BCUT2D eigenvalue weighted by atomic mass is 79.9. The quantitative estimate of drug-likeness (QED) is 0.655. The van der Waals surface area contributed by atoms with Gasteiger partial charge in [0.25, 0.3) is 0 Å². The lowest BCUT2D eigenvalue weighted by Crippen LogP contribution is -2.15. The van der Waals surface area contributed by atoms with Crippen molar-refractivity contribution in [2.45, 2.75) is 6.61 Å². The van der Waals surface area contributed by atoms with Crippen molar-refractivity contribution in [1.82, 2.24) is 0 Å². The number of ether oxygens (including phenoxy) is 1. The Balaban J connectivity index is 2.15. The molecule has 1 amide bonds. The van der Waals surface area contributed by atoms with Crippen LogP contribution in [0.15, 0.2) is 46.9 Å². The predicted octanol–water partition coefficient (Wildman–Crippen LogP) is 2.49. The minimum Gasteiger partial charge on any atom is -0.457 e. The van der Waals surface area contributed by atoms with Crippen molar-refractivity contribution >= 4 is 33.5 Å². The van der Waals surface area contributed by atoms with Crippen molar-refractivity contribution in [3.8, 4) is 0 Å². The number of esters is 1. The van der Waals surface area contributed by atoms with Gasteiger partial charge in [0.1, 0.15) is 6.61 Å². The fourth-order valence-electron chi connectivity index (χ4n) is 1.81. The molecule has 0 aromatic heterocycles. The van der Waals surface area contributed by atoms with Gasteiger partial charge in [-0.25, -0.2) is 4.79 Å². The van der Waals surface area contributed by atoms with Gasteiger partial charge in [-0.1, -0.05) is 18.2 Å². The van der Waals surface area contributed by atoms with Crippen LogP contribution >= 0.6 is 15.9 Å². The molecule has 0 aliphatic heterocycles. The first-order chi connectivity index (χ1) is 9.99.